The second-order valence-electron chi connectivity index (χ2n) is 8.04. The highest BCUT2D eigenvalue weighted by Crippen LogP contribution is 2.16. The number of amides is 1. The zero-order chi connectivity index (χ0) is 21.2. The highest BCUT2D eigenvalue weighted by Gasteiger charge is 2.22. The number of piperidine rings is 1. The maximum atomic E-state index is 11.9. The lowest BCUT2D eigenvalue weighted by Gasteiger charge is -2.34. The van der Waals surface area contributed by atoms with Crippen molar-refractivity contribution in [3.63, 3.8) is 0 Å². The SMILES string of the molecule is CN=C(NCc1cccc(CN2CCCC2=O)c1)N1CCC(OCCCOC)CC1. The number of benzene rings is 1. The van der Waals surface area contributed by atoms with Gasteiger partial charge in [-0.3, -0.25) is 9.79 Å². The number of carbonyl (C=O) groups is 1. The number of hydrogen-bond donors (Lipinski definition) is 1. The molecule has 2 fully saturated rings. The molecular weight excluding hydrogens is 380 g/mol. The van der Waals surface area contributed by atoms with E-state index in [0.29, 0.717) is 19.1 Å². The summed E-state index contributed by atoms with van der Waals surface area (Å²) in [7, 11) is 3.56. The highest BCUT2D eigenvalue weighted by atomic mass is 16.5. The molecule has 166 valence electrons. The van der Waals surface area contributed by atoms with E-state index in [0.717, 1.165) is 71.0 Å². The number of guanidine groups is 1. The van der Waals surface area contributed by atoms with E-state index in [-0.39, 0.29) is 5.91 Å². The fourth-order valence-corrected chi connectivity index (χ4v) is 4.13. The van der Waals surface area contributed by atoms with E-state index in [4.69, 9.17) is 9.47 Å². The number of rotatable bonds is 9. The van der Waals surface area contributed by atoms with Crippen molar-refractivity contribution in [2.45, 2.75) is 51.3 Å². The van der Waals surface area contributed by atoms with Crippen molar-refractivity contribution in [2.24, 2.45) is 4.99 Å². The van der Waals surface area contributed by atoms with Gasteiger partial charge in [0.25, 0.3) is 0 Å². The molecule has 1 N–H and O–H groups in total. The molecule has 2 aliphatic rings. The van der Waals surface area contributed by atoms with Crippen LogP contribution < -0.4 is 5.32 Å². The molecule has 0 atom stereocenters. The second-order valence-corrected chi connectivity index (χ2v) is 8.04. The van der Waals surface area contributed by atoms with E-state index in [2.05, 4.69) is 39.5 Å². The van der Waals surface area contributed by atoms with Crippen molar-refractivity contribution in [3.8, 4) is 0 Å². The third kappa shape index (κ3) is 6.71. The van der Waals surface area contributed by atoms with Crippen molar-refractivity contribution >= 4 is 11.9 Å². The predicted molar refractivity (Wildman–Crippen MR) is 118 cm³/mol. The molecule has 0 aromatic heterocycles. The second kappa shape index (κ2) is 11.9. The molecule has 3 rings (SSSR count). The van der Waals surface area contributed by atoms with Gasteiger partial charge in [0.2, 0.25) is 5.91 Å². The molecular formula is C23H36N4O3. The largest absolute Gasteiger partial charge is 0.385 e. The number of aliphatic imine (C=N–C) groups is 1. The number of methoxy groups -OCH3 is 1. The summed E-state index contributed by atoms with van der Waals surface area (Å²) in [5, 5.41) is 3.50. The van der Waals surface area contributed by atoms with Gasteiger partial charge in [0.15, 0.2) is 5.96 Å². The van der Waals surface area contributed by atoms with Gasteiger partial charge < -0.3 is 24.6 Å². The van der Waals surface area contributed by atoms with Gasteiger partial charge in [0.05, 0.1) is 6.10 Å². The molecule has 30 heavy (non-hydrogen) atoms. The van der Waals surface area contributed by atoms with Gasteiger partial charge in [-0.2, -0.15) is 0 Å². The van der Waals surface area contributed by atoms with E-state index in [1.54, 1.807) is 7.11 Å². The number of hydrogen-bond acceptors (Lipinski definition) is 4. The molecule has 0 aliphatic carbocycles. The third-order valence-electron chi connectivity index (χ3n) is 5.79. The molecule has 0 bridgehead atoms. The number of likely N-dealkylation sites (tertiary alicyclic amines) is 2. The van der Waals surface area contributed by atoms with Crippen LogP contribution in [0.15, 0.2) is 29.3 Å². The summed E-state index contributed by atoms with van der Waals surface area (Å²) in [6.07, 6.45) is 4.99. The van der Waals surface area contributed by atoms with Crippen molar-refractivity contribution < 1.29 is 14.3 Å². The maximum absolute atomic E-state index is 11.9. The number of nitrogens with one attached hydrogen (secondary N) is 1. The number of ether oxygens (including phenoxy) is 2. The van der Waals surface area contributed by atoms with Gasteiger partial charge in [-0.15, -0.1) is 0 Å². The molecule has 2 heterocycles. The normalized spacial score (nSPS) is 18.3. The molecule has 1 amide bonds. The third-order valence-corrected chi connectivity index (χ3v) is 5.79. The van der Waals surface area contributed by atoms with Crippen LogP contribution in [0.3, 0.4) is 0 Å². The molecule has 0 saturated carbocycles. The average Bonchev–Trinajstić information content (AvgIpc) is 3.17. The Kier molecular flexibility index (Phi) is 8.96. The minimum atomic E-state index is 0.269. The lowest BCUT2D eigenvalue weighted by atomic mass is 10.1. The molecule has 0 spiro atoms. The molecule has 1 aromatic rings. The fourth-order valence-electron chi connectivity index (χ4n) is 4.13. The molecule has 0 unspecified atom stereocenters. The van der Waals surface area contributed by atoms with Crippen LogP contribution in [0.5, 0.6) is 0 Å². The Morgan fingerprint density at radius 3 is 2.70 bits per heavy atom. The van der Waals surface area contributed by atoms with Crippen LogP contribution in [-0.2, 0) is 27.4 Å². The number of carbonyl (C=O) groups excluding carboxylic acids is 1. The van der Waals surface area contributed by atoms with Crippen LogP contribution in [-0.4, -0.2) is 74.8 Å². The zero-order valence-electron chi connectivity index (χ0n) is 18.4. The van der Waals surface area contributed by atoms with Gasteiger partial charge in [0.1, 0.15) is 0 Å². The van der Waals surface area contributed by atoms with E-state index < -0.39 is 0 Å². The summed E-state index contributed by atoms with van der Waals surface area (Å²) in [6.45, 7) is 5.73. The smallest absolute Gasteiger partial charge is 0.222 e. The Hall–Kier alpha value is -2.12. The van der Waals surface area contributed by atoms with Gasteiger partial charge in [0, 0.05) is 66.5 Å². The van der Waals surface area contributed by atoms with Gasteiger partial charge in [-0.1, -0.05) is 24.3 Å². The van der Waals surface area contributed by atoms with Crippen LogP contribution in [0.1, 0.15) is 43.2 Å². The quantitative estimate of drug-likeness (QED) is 0.380. The molecule has 2 aliphatic heterocycles. The minimum Gasteiger partial charge on any atom is -0.385 e. The summed E-state index contributed by atoms with van der Waals surface area (Å²) in [5.74, 6) is 1.21. The van der Waals surface area contributed by atoms with E-state index >= 15 is 0 Å². The van der Waals surface area contributed by atoms with Crippen LogP contribution >= 0.6 is 0 Å². The van der Waals surface area contributed by atoms with Crippen molar-refractivity contribution in [2.75, 3.05) is 47.0 Å². The van der Waals surface area contributed by atoms with Crippen molar-refractivity contribution in [1.82, 2.24) is 15.1 Å². The van der Waals surface area contributed by atoms with E-state index in [1.165, 1.54) is 11.1 Å². The first-order valence-corrected chi connectivity index (χ1v) is 11.1. The first-order valence-electron chi connectivity index (χ1n) is 11.1. The van der Waals surface area contributed by atoms with Gasteiger partial charge >= 0.3 is 0 Å². The Balaban J connectivity index is 1.43. The number of nitrogens with zero attached hydrogens (tertiary/aromatic N) is 3. The van der Waals surface area contributed by atoms with E-state index in [9.17, 15) is 4.79 Å². The monoisotopic (exact) mass is 416 g/mol. The average molecular weight is 417 g/mol. The summed E-state index contributed by atoms with van der Waals surface area (Å²) in [4.78, 5) is 20.6. The summed E-state index contributed by atoms with van der Waals surface area (Å²) < 4.78 is 11.0. The lowest BCUT2D eigenvalue weighted by molar-refractivity contribution is -0.128. The van der Waals surface area contributed by atoms with Crippen molar-refractivity contribution in [1.29, 1.82) is 0 Å². The Bertz CT molecular complexity index is 701. The van der Waals surface area contributed by atoms with Crippen molar-refractivity contribution in [3.05, 3.63) is 35.4 Å². The van der Waals surface area contributed by atoms with Crippen LogP contribution in [0.25, 0.3) is 0 Å². The predicted octanol–water partition coefficient (Wildman–Crippen LogP) is 2.40. The highest BCUT2D eigenvalue weighted by molar-refractivity contribution is 5.80. The Labute approximate surface area is 180 Å². The molecule has 2 saturated heterocycles. The molecule has 1 aromatic carbocycles. The summed E-state index contributed by atoms with van der Waals surface area (Å²) in [5.41, 5.74) is 2.39. The van der Waals surface area contributed by atoms with Crippen LogP contribution in [0, 0.1) is 0 Å². The van der Waals surface area contributed by atoms with Crippen LogP contribution in [0.2, 0.25) is 0 Å². The molecule has 7 nitrogen and oxygen atoms in total. The summed E-state index contributed by atoms with van der Waals surface area (Å²) in [6, 6.07) is 8.48. The zero-order valence-corrected chi connectivity index (χ0v) is 18.4. The van der Waals surface area contributed by atoms with E-state index in [1.807, 2.05) is 11.9 Å². The molecule has 7 heteroatoms. The molecule has 0 radical (unpaired) electrons. The van der Waals surface area contributed by atoms with Gasteiger partial charge in [-0.05, 0) is 36.8 Å². The minimum absolute atomic E-state index is 0.269. The first kappa shape index (κ1) is 22.6. The fraction of sp³-hybridized carbons (Fsp3) is 0.652. The van der Waals surface area contributed by atoms with Gasteiger partial charge in [-0.25, -0.2) is 0 Å². The standard InChI is InChI=1S/C23H36N4O3/c1-24-23(26-12-9-21(10-13-26)30-15-5-14-29-2)25-17-19-6-3-7-20(16-19)18-27-11-4-8-22(27)28/h3,6-7,16,21H,4-5,8-15,17-18H2,1-2H3,(H,24,25). The van der Waals surface area contributed by atoms with Crippen LogP contribution in [0.4, 0.5) is 0 Å². The first-order chi connectivity index (χ1) is 14.7. The maximum Gasteiger partial charge on any atom is 0.222 e. The topological polar surface area (TPSA) is 66.4 Å². The Morgan fingerprint density at radius 1 is 1.20 bits per heavy atom. The lowest BCUT2D eigenvalue weighted by Crippen LogP contribution is -2.46. The Morgan fingerprint density at radius 2 is 2.00 bits per heavy atom. The summed E-state index contributed by atoms with van der Waals surface area (Å²) >= 11 is 0.